The first-order valence-corrected chi connectivity index (χ1v) is 6.97. The van der Waals surface area contributed by atoms with E-state index in [0.717, 1.165) is 18.5 Å². The molecule has 0 heterocycles. The van der Waals surface area contributed by atoms with Gasteiger partial charge in [-0.05, 0) is 37.5 Å². The van der Waals surface area contributed by atoms with Gasteiger partial charge in [-0.15, -0.1) is 0 Å². The van der Waals surface area contributed by atoms with Crippen molar-refractivity contribution < 1.29 is 9.50 Å². The van der Waals surface area contributed by atoms with E-state index in [1.54, 1.807) is 13.0 Å². The molecule has 2 rings (SSSR count). The van der Waals surface area contributed by atoms with Crippen LogP contribution in [0, 0.1) is 18.2 Å². The number of nitrogens with two attached hydrogens (primary N) is 1. The molecule has 1 fully saturated rings. The molecule has 3 nitrogen and oxygen atoms in total. The minimum absolute atomic E-state index is 0.0486. The lowest BCUT2D eigenvalue weighted by atomic mass is 9.74. The summed E-state index contributed by atoms with van der Waals surface area (Å²) in [4.78, 5) is 0. The molecule has 19 heavy (non-hydrogen) atoms. The van der Waals surface area contributed by atoms with E-state index in [-0.39, 0.29) is 17.8 Å². The van der Waals surface area contributed by atoms with Gasteiger partial charge in [0.05, 0.1) is 18.0 Å². The zero-order valence-electron chi connectivity index (χ0n) is 11.5. The summed E-state index contributed by atoms with van der Waals surface area (Å²) < 4.78 is 13.3. The second-order valence-electron chi connectivity index (χ2n) is 5.76. The lowest BCUT2D eigenvalue weighted by Crippen LogP contribution is -2.35. The summed E-state index contributed by atoms with van der Waals surface area (Å²) in [6, 6.07) is 3.09. The van der Waals surface area contributed by atoms with Crippen molar-refractivity contribution in [2.75, 3.05) is 24.2 Å². The van der Waals surface area contributed by atoms with E-state index in [1.807, 2.05) is 0 Å². The highest BCUT2D eigenvalue weighted by Crippen LogP contribution is 2.36. The van der Waals surface area contributed by atoms with Gasteiger partial charge in [0.2, 0.25) is 0 Å². The van der Waals surface area contributed by atoms with E-state index >= 15 is 0 Å². The van der Waals surface area contributed by atoms with Crippen LogP contribution in [-0.2, 0) is 0 Å². The summed E-state index contributed by atoms with van der Waals surface area (Å²) in [5, 5.41) is 12.9. The minimum atomic E-state index is -0.280. The van der Waals surface area contributed by atoms with Crippen LogP contribution in [0.5, 0.6) is 0 Å². The first-order valence-electron chi connectivity index (χ1n) is 6.97. The molecule has 0 bridgehead atoms. The molecular formula is C15H23FN2O. The molecule has 0 aromatic heterocycles. The number of aryl methyl sites for hydroxylation is 1. The molecule has 0 unspecified atom stereocenters. The smallest absolute Gasteiger partial charge is 0.128 e. The number of rotatable bonds is 4. The lowest BCUT2D eigenvalue weighted by Gasteiger charge is -2.36. The Morgan fingerprint density at radius 1 is 1.32 bits per heavy atom. The molecule has 1 saturated carbocycles. The average Bonchev–Trinajstić information content (AvgIpc) is 2.42. The van der Waals surface area contributed by atoms with Crippen molar-refractivity contribution in [2.24, 2.45) is 5.41 Å². The molecule has 1 aliphatic carbocycles. The van der Waals surface area contributed by atoms with Crippen LogP contribution in [0.15, 0.2) is 12.1 Å². The van der Waals surface area contributed by atoms with Crippen LogP contribution in [0.2, 0.25) is 0 Å². The van der Waals surface area contributed by atoms with Crippen molar-refractivity contribution in [2.45, 2.75) is 39.0 Å². The van der Waals surface area contributed by atoms with Crippen LogP contribution < -0.4 is 11.1 Å². The maximum absolute atomic E-state index is 13.3. The molecule has 1 aliphatic rings. The molecule has 0 radical (unpaired) electrons. The van der Waals surface area contributed by atoms with Crippen molar-refractivity contribution in [3.05, 3.63) is 23.5 Å². The van der Waals surface area contributed by atoms with Gasteiger partial charge in [-0.1, -0.05) is 19.3 Å². The van der Waals surface area contributed by atoms with Gasteiger partial charge in [-0.3, -0.25) is 0 Å². The number of nitrogens with one attached hydrogen (secondary N) is 1. The third-order valence-corrected chi connectivity index (χ3v) is 4.23. The summed E-state index contributed by atoms with van der Waals surface area (Å²) in [6.07, 6.45) is 5.66. The number of aliphatic hydroxyl groups is 1. The number of nitrogen functional groups attached to an aromatic ring is 1. The van der Waals surface area contributed by atoms with E-state index in [9.17, 15) is 9.50 Å². The number of benzene rings is 1. The Bertz CT molecular complexity index is 442. The Balaban J connectivity index is 2.07. The third-order valence-electron chi connectivity index (χ3n) is 4.23. The van der Waals surface area contributed by atoms with E-state index in [1.165, 1.54) is 25.3 Å². The first-order chi connectivity index (χ1) is 9.06. The maximum atomic E-state index is 13.3. The zero-order chi connectivity index (χ0) is 13.9. The Morgan fingerprint density at radius 2 is 2.00 bits per heavy atom. The number of halogens is 1. The monoisotopic (exact) mass is 266 g/mol. The number of hydrogen-bond acceptors (Lipinski definition) is 3. The summed E-state index contributed by atoms with van der Waals surface area (Å²) in [6.45, 7) is 2.61. The van der Waals surface area contributed by atoms with Crippen LogP contribution >= 0.6 is 0 Å². The fourth-order valence-electron chi connectivity index (χ4n) is 2.83. The van der Waals surface area contributed by atoms with Crippen LogP contribution in [0.3, 0.4) is 0 Å². The molecule has 106 valence electrons. The van der Waals surface area contributed by atoms with Gasteiger partial charge < -0.3 is 16.2 Å². The van der Waals surface area contributed by atoms with Crippen molar-refractivity contribution in [1.29, 1.82) is 0 Å². The maximum Gasteiger partial charge on any atom is 0.128 e. The summed E-state index contributed by atoms with van der Waals surface area (Å²) in [5.41, 5.74) is 7.54. The molecular weight excluding hydrogens is 243 g/mol. The molecule has 0 amide bonds. The Hall–Kier alpha value is -1.29. The highest BCUT2D eigenvalue weighted by molar-refractivity contribution is 5.67. The second-order valence-corrected chi connectivity index (χ2v) is 5.76. The topological polar surface area (TPSA) is 58.3 Å². The normalized spacial score (nSPS) is 18.3. The van der Waals surface area contributed by atoms with Crippen LogP contribution in [0.1, 0.15) is 37.7 Å². The van der Waals surface area contributed by atoms with E-state index in [0.29, 0.717) is 17.8 Å². The largest absolute Gasteiger partial charge is 0.397 e. The van der Waals surface area contributed by atoms with Gasteiger partial charge in [0.1, 0.15) is 5.82 Å². The van der Waals surface area contributed by atoms with Gasteiger partial charge in [0.25, 0.3) is 0 Å². The molecule has 4 N–H and O–H groups in total. The quantitative estimate of drug-likeness (QED) is 0.734. The van der Waals surface area contributed by atoms with Gasteiger partial charge >= 0.3 is 0 Å². The predicted octanol–water partition coefficient (Wildman–Crippen LogP) is 3.07. The predicted molar refractivity (Wildman–Crippen MR) is 76.6 cm³/mol. The van der Waals surface area contributed by atoms with Gasteiger partial charge in [0.15, 0.2) is 0 Å². The van der Waals surface area contributed by atoms with Gasteiger partial charge in [0, 0.05) is 12.0 Å². The summed E-state index contributed by atoms with van der Waals surface area (Å²) >= 11 is 0. The van der Waals surface area contributed by atoms with Crippen molar-refractivity contribution >= 4 is 11.4 Å². The fourth-order valence-corrected chi connectivity index (χ4v) is 2.83. The second kappa shape index (κ2) is 5.78. The van der Waals surface area contributed by atoms with Gasteiger partial charge in [-0.25, -0.2) is 4.39 Å². The van der Waals surface area contributed by atoms with Crippen molar-refractivity contribution in [1.82, 2.24) is 0 Å². The molecule has 1 aromatic rings. The highest BCUT2D eigenvalue weighted by atomic mass is 19.1. The standard InChI is InChI=1S/C15H23FN2O/c1-11-7-14(13(17)8-12(11)16)18-9-15(10-19)5-3-2-4-6-15/h7-8,18-19H,2-6,9-10,17H2,1H3. The summed E-state index contributed by atoms with van der Waals surface area (Å²) in [5.74, 6) is -0.280. The number of hydrogen-bond donors (Lipinski definition) is 3. The number of aliphatic hydroxyl groups excluding tert-OH is 1. The Labute approximate surface area is 114 Å². The van der Waals surface area contributed by atoms with E-state index in [2.05, 4.69) is 5.32 Å². The molecule has 0 saturated heterocycles. The zero-order valence-corrected chi connectivity index (χ0v) is 11.5. The molecule has 1 aromatic carbocycles. The Morgan fingerprint density at radius 3 is 2.63 bits per heavy atom. The third kappa shape index (κ3) is 3.18. The molecule has 0 aliphatic heterocycles. The van der Waals surface area contributed by atoms with Crippen LogP contribution in [0.25, 0.3) is 0 Å². The number of anilines is 2. The minimum Gasteiger partial charge on any atom is -0.397 e. The van der Waals surface area contributed by atoms with Crippen LogP contribution in [0.4, 0.5) is 15.8 Å². The molecule has 0 spiro atoms. The lowest BCUT2D eigenvalue weighted by molar-refractivity contribution is 0.0944. The average molecular weight is 266 g/mol. The molecule has 4 heteroatoms. The SMILES string of the molecule is Cc1cc(NCC2(CO)CCCCC2)c(N)cc1F. The first kappa shape index (κ1) is 14.1. The van der Waals surface area contributed by atoms with E-state index in [4.69, 9.17) is 5.73 Å². The Kier molecular flexibility index (Phi) is 4.30. The molecule has 0 atom stereocenters. The summed E-state index contributed by atoms with van der Waals surface area (Å²) in [7, 11) is 0. The van der Waals surface area contributed by atoms with Crippen LogP contribution in [-0.4, -0.2) is 18.3 Å². The van der Waals surface area contributed by atoms with Gasteiger partial charge in [-0.2, -0.15) is 0 Å². The van der Waals surface area contributed by atoms with Crippen molar-refractivity contribution in [3.8, 4) is 0 Å². The fraction of sp³-hybridized carbons (Fsp3) is 0.600. The van der Waals surface area contributed by atoms with E-state index < -0.39 is 0 Å². The highest BCUT2D eigenvalue weighted by Gasteiger charge is 2.31. The van der Waals surface area contributed by atoms with Crippen molar-refractivity contribution in [3.63, 3.8) is 0 Å².